The van der Waals surface area contributed by atoms with Crippen molar-refractivity contribution in [2.24, 2.45) is 4.99 Å². The number of hydrogen-bond acceptors (Lipinski definition) is 10. The van der Waals surface area contributed by atoms with Gasteiger partial charge in [0.25, 0.3) is 5.56 Å². The van der Waals surface area contributed by atoms with Crippen molar-refractivity contribution >= 4 is 29.4 Å². The van der Waals surface area contributed by atoms with Gasteiger partial charge in [-0.1, -0.05) is 17.4 Å². The first-order valence-electron chi connectivity index (χ1n) is 12.0. The zero-order valence-electron chi connectivity index (χ0n) is 22.4. The fourth-order valence-electron chi connectivity index (χ4n) is 4.30. The van der Waals surface area contributed by atoms with Crippen molar-refractivity contribution in [3.05, 3.63) is 78.5 Å². The molecule has 0 aliphatic carbocycles. The highest BCUT2D eigenvalue weighted by Crippen LogP contribution is 2.38. The summed E-state index contributed by atoms with van der Waals surface area (Å²) in [5, 5.41) is 0. The van der Waals surface area contributed by atoms with Crippen LogP contribution in [-0.4, -0.2) is 44.4 Å². The highest BCUT2D eigenvalue weighted by atomic mass is 32.1. The molecule has 0 saturated heterocycles. The second kappa shape index (κ2) is 11.6. The number of hydrogen-bond donors (Lipinski definition) is 0. The zero-order chi connectivity index (χ0) is 28.3. The van der Waals surface area contributed by atoms with Gasteiger partial charge in [0.15, 0.2) is 16.3 Å². The van der Waals surface area contributed by atoms with Crippen molar-refractivity contribution < 1.29 is 33.3 Å². The summed E-state index contributed by atoms with van der Waals surface area (Å²) in [7, 11) is 4.51. The van der Waals surface area contributed by atoms with Crippen molar-refractivity contribution in [1.82, 2.24) is 4.57 Å². The molecule has 1 aliphatic rings. The van der Waals surface area contributed by atoms with Gasteiger partial charge in [-0.3, -0.25) is 14.2 Å². The van der Waals surface area contributed by atoms with E-state index in [0.29, 0.717) is 43.4 Å². The molecule has 204 valence electrons. The Morgan fingerprint density at radius 3 is 2.38 bits per heavy atom. The number of thiazole rings is 1. The van der Waals surface area contributed by atoms with Crippen LogP contribution >= 0.6 is 11.3 Å². The largest absolute Gasteiger partial charge is 0.497 e. The van der Waals surface area contributed by atoms with Crippen LogP contribution in [-0.2, 0) is 14.3 Å². The second-order valence-corrected chi connectivity index (χ2v) is 9.42. The van der Waals surface area contributed by atoms with Crippen LogP contribution in [0.3, 0.4) is 0 Å². The van der Waals surface area contributed by atoms with Gasteiger partial charge in [-0.25, -0.2) is 9.79 Å². The molecule has 0 saturated carbocycles. The van der Waals surface area contributed by atoms with Crippen LogP contribution in [0.15, 0.2) is 57.5 Å². The summed E-state index contributed by atoms with van der Waals surface area (Å²) in [6.07, 6.45) is 1.69. The minimum Gasteiger partial charge on any atom is -0.497 e. The van der Waals surface area contributed by atoms with E-state index in [-0.39, 0.29) is 23.5 Å². The number of allylic oxidation sites excluding steroid dienone is 1. The molecule has 0 bridgehead atoms. The summed E-state index contributed by atoms with van der Waals surface area (Å²) in [5.41, 5.74) is 1.50. The summed E-state index contributed by atoms with van der Waals surface area (Å²) < 4.78 is 28.8. The van der Waals surface area contributed by atoms with E-state index >= 15 is 0 Å². The Labute approximate surface area is 228 Å². The number of carbonyl (C=O) groups excluding carboxylic acids is 2. The van der Waals surface area contributed by atoms with Gasteiger partial charge in [0.1, 0.15) is 17.5 Å². The number of aromatic nitrogens is 1. The van der Waals surface area contributed by atoms with Gasteiger partial charge in [-0.15, -0.1) is 0 Å². The first-order valence-corrected chi connectivity index (χ1v) is 12.8. The van der Waals surface area contributed by atoms with Crippen LogP contribution in [0.4, 0.5) is 0 Å². The molecule has 0 amide bonds. The number of esters is 2. The number of carbonyl (C=O) groups is 2. The number of ether oxygens (including phenoxy) is 5. The predicted octanol–water partition coefficient (Wildman–Crippen LogP) is 2.75. The molecule has 1 aliphatic heterocycles. The van der Waals surface area contributed by atoms with Crippen LogP contribution in [0.25, 0.3) is 6.08 Å². The molecule has 0 N–H and O–H groups in total. The number of methoxy groups -OCH3 is 3. The third kappa shape index (κ3) is 5.44. The quantitative estimate of drug-likeness (QED) is 0.310. The van der Waals surface area contributed by atoms with Crippen LogP contribution in [0.1, 0.15) is 37.9 Å². The Kier molecular flexibility index (Phi) is 8.20. The van der Waals surface area contributed by atoms with E-state index in [9.17, 15) is 14.4 Å². The monoisotopic (exact) mass is 552 g/mol. The molecule has 0 unspecified atom stereocenters. The molecular formula is C28H28N2O8S. The summed E-state index contributed by atoms with van der Waals surface area (Å²) in [4.78, 5) is 43.5. The molecule has 2 aromatic carbocycles. The maximum atomic E-state index is 13.9. The Bertz CT molecular complexity index is 1650. The molecular weight excluding hydrogens is 524 g/mol. The van der Waals surface area contributed by atoms with Crippen molar-refractivity contribution in [1.29, 1.82) is 0 Å². The summed E-state index contributed by atoms with van der Waals surface area (Å²) in [5.74, 6) is 0.557. The minimum atomic E-state index is -0.867. The average molecular weight is 553 g/mol. The molecule has 1 atom stereocenters. The molecule has 39 heavy (non-hydrogen) atoms. The molecule has 0 fully saturated rings. The van der Waals surface area contributed by atoms with Gasteiger partial charge in [0, 0.05) is 12.5 Å². The Morgan fingerprint density at radius 1 is 1.03 bits per heavy atom. The number of nitrogens with zero attached hydrogens (tertiary/aromatic N) is 2. The molecule has 0 radical (unpaired) electrons. The predicted molar refractivity (Wildman–Crippen MR) is 144 cm³/mol. The van der Waals surface area contributed by atoms with Gasteiger partial charge in [0.2, 0.25) is 0 Å². The van der Waals surface area contributed by atoms with E-state index in [0.717, 1.165) is 0 Å². The van der Waals surface area contributed by atoms with Crippen molar-refractivity contribution in [2.75, 3.05) is 27.9 Å². The van der Waals surface area contributed by atoms with Crippen LogP contribution in [0.2, 0.25) is 0 Å². The molecule has 1 aromatic heterocycles. The topological polar surface area (TPSA) is 115 Å². The third-order valence-electron chi connectivity index (χ3n) is 5.99. The van der Waals surface area contributed by atoms with Crippen molar-refractivity contribution in [3.8, 4) is 23.0 Å². The van der Waals surface area contributed by atoms with Gasteiger partial charge in [-0.2, -0.15) is 0 Å². The van der Waals surface area contributed by atoms with E-state index in [1.54, 1.807) is 56.3 Å². The lowest BCUT2D eigenvalue weighted by molar-refractivity contribution is -0.139. The standard InChI is InChI=1S/C28H28N2O8S/c1-7-37-27(33)24-15(2)29-28-30(25(24)19-14-18(34-4)9-11-20(19)35-5)26(32)23(39-28)13-17-8-10-21(38-16(3)31)22(12-17)36-6/h8-14,25H,7H2,1-6H3/b23-13-/t25-/m0/s1. The highest BCUT2D eigenvalue weighted by molar-refractivity contribution is 7.07. The number of fused-ring (bicyclic) bond motifs is 1. The lowest BCUT2D eigenvalue weighted by Gasteiger charge is -2.26. The fourth-order valence-corrected chi connectivity index (χ4v) is 5.35. The molecule has 10 nitrogen and oxygen atoms in total. The normalized spacial score (nSPS) is 14.8. The average Bonchev–Trinajstić information content (AvgIpc) is 3.22. The van der Waals surface area contributed by atoms with E-state index < -0.39 is 18.0 Å². The second-order valence-electron chi connectivity index (χ2n) is 8.41. The molecule has 0 spiro atoms. The van der Waals surface area contributed by atoms with Crippen LogP contribution in [0.5, 0.6) is 23.0 Å². The van der Waals surface area contributed by atoms with E-state index in [1.165, 1.54) is 44.2 Å². The molecule has 11 heteroatoms. The van der Waals surface area contributed by atoms with E-state index in [1.807, 2.05) is 0 Å². The van der Waals surface area contributed by atoms with Gasteiger partial charge in [-0.05, 0) is 55.8 Å². The van der Waals surface area contributed by atoms with E-state index in [4.69, 9.17) is 23.7 Å². The minimum absolute atomic E-state index is 0.160. The first-order chi connectivity index (χ1) is 18.7. The molecule has 4 rings (SSSR count). The summed E-state index contributed by atoms with van der Waals surface area (Å²) in [6, 6.07) is 9.28. The molecule has 3 aromatic rings. The maximum Gasteiger partial charge on any atom is 0.338 e. The lowest BCUT2D eigenvalue weighted by Crippen LogP contribution is -2.40. The van der Waals surface area contributed by atoms with E-state index in [2.05, 4.69) is 4.99 Å². The number of benzene rings is 2. The summed E-state index contributed by atoms with van der Waals surface area (Å²) >= 11 is 1.18. The maximum absolute atomic E-state index is 13.9. The van der Waals surface area contributed by atoms with Gasteiger partial charge >= 0.3 is 11.9 Å². The van der Waals surface area contributed by atoms with Gasteiger partial charge in [0.05, 0.1) is 43.7 Å². The first kappa shape index (κ1) is 27.6. The van der Waals surface area contributed by atoms with Crippen LogP contribution in [0, 0.1) is 0 Å². The highest BCUT2D eigenvalue weighted by Gasteiger charge is 2.35. The summed E-state index contributed by atoms with van der Waals surface area (Å²) in [6.45, 7) is 4.88. The molecule has 2 heterocycles. The zero-order valence-corrected chi connectivity index (χ0v) is 23.2. The van der Waals surface area contributed by atoms with Crippen molar-refractivity contribution in [2.45, 2.75) is 26.8 Å². The fraction of sp³-hybridized carbons (Fsp3) is 0.286. The number of rotatable bonds is 8. The smallest absolute Gasteiger partial charge is 0.338 e. The Balaban J connectivity index is 1.95. The van der Waals surface area contributed by atoms with Crippen LogP contribution < -0.4 is 33.8 Å². The SMILES string of the molecule is CCOC(=O)C1=C(C)N=c2s/c(=C\c3ccc(OC(C)=O)c(OC)c3)c(=O)n2[C@H]1c1cc(OC)ccc1OC. The third-order valence-corrected chi connectivity index (χ3v) is 6.97. The van der Waals surface area contributed by atoms with Crippen molar-refractivity contribution in [3.63, 3.8) is 0 Å². The Hall–Kier alpha value is -4.38. The Morgan fingerprint density at radius 2 is 1.74 bits per heavy atom. The van der Waals surface area contributed by atoms with Gasteiger partial charge < -0.3 is 23.7 Å². The lowest BCUT2D eigenvalue weighted by atomic mass is 9.94.